The zero-order valence-electron chi connectivity index (χ0n) is 10.5. The van der Waals surface area contributed by atoms with Crippen LogP contribution in [0.3, 0.4) is 0 Å². The molecule has 3 nitrogen and oxygen atoms in total. The average molecular weight is 234 g/mol. The van der Waals surface area contributed by atoms with E-state index in [9.17, 15) is 0 Å². The molecule has 0 heterocycles. The number of rotatable bonds is 4. The minimum Gasteiger partial charge on any atom is -0.494 e. The molecule has 1 aromatic carbocycles. The summed E-state index contributed by atoms with van der Waals surface area (Å²) in [6.45, 7) is 2.71. The van der Waals surface area contributed by atoms with Crippen LogP contribution >= 0.6 is 0 Å². The molecular formula is C14H22N2O. The fourth-order valence-corrected chi connectivity index (χ4v) is 2.44. The van der Waals surface area contributed by atoms with Crippen molar-refractivity contribution in [2.24, 2.45) is 5.73 Å². The maximum Gasteiger partial charge on any atom is 0.121 e. The third-order valence-corrected chi connectivity index (χ3v) is 3.23. The van der Waals surface area contributed by atoms with Gasteiger partial charge in [-0.3, -0.25) is 0 Å². The summed E-state index contributed by atoms with van der Waals surface area (Å²) in [5.74, 6) is 0.928. The van der Waals surface area contributed by atoms with Crippen LogP contribution < -0.4 is 15.8 Å². The number of nitrogens with one attached hydrogen (secondary N) is 1. The molecule has 1 fully saturated rings. The minimum atomic E-state index is 0.358. The Balaban J connectivity index is 1.95. The van der Waals surface area contributed by atoms with E-state index in [0.717, 1.165) is 24.3 Å². The molecule has 2 rings (SSSR count). The molecule has 2 atom stereocenters. The van der Waals surface area contributed by atoms with E-state index >= 15 is 0 Å². The summed E-state index contributed by atoms with van der Waals surface area (Å²) in [5.41, 5.74) is 7.13. The van der Waals surface area contributed by atoms with Crippen molar-refractivity contribution in [1.82, 2.24) is 0 Å². The van der Waals surface area contributed by atoms with Gasteiger partial charge in [0.25, 0.3) is 0 Å². The summed E-state index contributed by atoms with van der Waals surface area (Å²) in [6, 6.07) is 9.02. The third-order valence-electron chi connectivity index (χ3n) is 3.23. The average Bonchev–Trinajstić information content (AvgIpc) is 2.30. The van der Waals surface area contributed by atoms with E-state index in [1.165, 1.54) is 12.8 Å². The van der Waals surface area contributed by atoms with Crippen molar-refractivity contribution in [2.45, 2.75) is 44.7 Å². The lowest BCUT2D eigenvalue weighted by Crippen LogP contribution is -2.34. The van der Waals surface area contributed by atoms with Crippen LogP contribution in [0.2, 0.25) is 0 Å². The van der Waals surface area contributed by atoms with Crippen LogP contribution in [0.1, 0.15) is 32.6 Å². The predicted octanol–water partition coefficient (Wildman–Crippen LogP) is 2.77. The molecule has 3 heteroatoms. The van der Waals surface area contributed by atoms with Crippen molar-refractivity contribution >= 4 is 5.69 Å². The number of benzene rings is 1. The Labute approximate surface area is 103 Å². The molecule has 1 aliphatic rings. The molecule has 3 N–H and O–H groups in total. The molecule has 0 saturated heterocycles. The van der Waals surface area contributed by atoms with Gasteiger partial charge in [-0.25, -0.2) is 0 Å². The highest BCUT2D eigenvalue weighted by Gasteiger charge is 2.18. The smallest absolute Gasteiger partial charge is 0.121 e. The lowest BCUT2D eigenvalue weighted by Gasteiger charge is -2.28. The van der Waals surface area contributed by atoms with E-state index in [2.05, 4.69) is 17.4 Å². The minimum absolute atomic E-state index is 0.358. The van der Waals surface area contributed by atoms with Gasteiger partial charge in [-0.15, -0.1) is 0 Å². The quantitative estimate of drug-likeness (QED) is 0.842. The maximum absolute atomic E-state index is 5.99. The van der Waals surface area contributed by atoms with Gasteiger partial charge in [-0.05, 0) is 44.7 Å². The number of hydrogen-bond acceptors (Lipinski definition) is 3. The highest BCUT2D eigenvalue weighted by Crippen LogP contribution is 2.23. The van der Waals surface area contributed by atoms with Gasteiger partial charge in [0.15, 0.2) is 0 Å². The van der Waals surface area contributed by atoms with Crippen molar-refractivity contribution in [3.8, 4) is 5.75 Å². The van der Waals surface area contributed by atoms with E-state index in [0.29, 0.717) is 18.7 Å². The lowest BCUT2D eigenvalue weighted by atomic mass is 9.91. The van der Waals surface area contributed by atoms with Gasteiger partial charge in [0.1, 0.15) is 5.75 Å². The molecule has 94 valence electrons. The Morgan fingerprint density at radius 2 is 2.29 bits per heavy atom. The Hall–Kier alpha value is -1.22. The fourth-order valence-electron chi connectivity index (χ4n) is 2.44. The van der Waals surface area contributed by atoms with Crippen LogP contribution in [-0.2, 0) is 0 Å². The Bertz CT molecular complexity index is 354. The molecule has 17 heavy (non-hydrogen) atoms. The van der Waals surface area contributed by atoms with Gasteiger partial charge >= 0.3 is 0 Å². The number of nitrogens with two attached hydrogens (primary N) is 1. The SMILES string of the molecule is CCOc1cccc(NC2CCCC(N)C2)c1. The highest BCUT2D eigenvalue weighted by atomic mass is 16.5. The molecule has 1 saturated carbocycles. The summed E-state index contributed by atoms with van der Waals surface area (Å²) in [4.78, 5) is 0. The van der Waals surface area contributed by atoms with Crippen LogP contribution in [0.25, 0.3) is 0 Å². The summed E-state index contributed by atoms with van der Waals surface area (Å²) in [5, 5.41) is 3.55. The van der Waals surface area contributed by atoms with E-state index in [4.69, 9.17) is 10.5 Å². The summed E-state index contributed by atoms with van der Waals surface area (Å²) >= 11 is 0. The Morgan fingerprint density at radius 1 is 1.41 bits per heavy atom. The first-order valence-corrected chi connectivity index (χ1v) is 6.53. The Kier molecular flexibility index (Phi) is 4.26. The molecule has 2 unspecified atom stereocenters. The van der Waals surface area contributed by atoms with Gasteiger partial charge in [-0.1, -0.05) is 6.07 Å². The molecule has 0 spiro atoms. The number of ether oxygens (including phenoxy) is 1. The second-order valence-electron chi connectivity index (χ2n) is 4.73. The molecule has 0 aliphatic heterocycles. The topological polar surface area (TPSA) is 47.3 Å². The van der Waals surface area contributed by atoms with Gasteiger partial charge in [0.05, 0.1) is 6.61 Å². The fraction of sp³-hybridized carbons (Fsp3) is 0.571. The van der Waals surface area contributed by atoms with Crippen LogP contribution in [0.5, 0.6) is 5.75 Å². The maximum atomic E-state index is 5.99. The Morgan fingerprint density at radius 3 is 3.06 bits per heavy atom. The highest BCUT2D eigenvalue weighted by molar-refractivity contribution is 5.48. The zero-order chi connectivity index (χ0) is 12.1. The van der Waals surface area contributed by atoms with Crippen LogP contribution in [0, 0.1) is 0 Å². The first-order valence-electron chi connectivity index (χ1n) is 6.53. The lowest BCUT2D eigenvalue weighted by molar-refractivity contribution is 0.340. The molecule has 0 bridgehead atoms. The summed E-state index contributed by atoms with van der Waals surface area (Å²) in [7, 11) is 0. The van der Waals surface area contributed by atoms with Gasteiger partial charge in [0, 0.05) is 23.8 Å². The van der Waals surface area contributed by atoms with E-state index in [-0.39, 0.29) is 0 Å². The second-order valence-corrected chi connectivity index (χ2v) is 4.73. The van der Waals surface area contributed by atoms with Crippen LogP contribution in [0.4, 0.5) is 5.69 Å². The summed E-state index contributed by atoms with van der Waals surface area (Å²) < 4.78 is 5.49. The van der Waals surface area contributed by atoms with Crippen molar-refractivity contribution in [1.29, 1.82) is 0 Å². The molecule has 0 aromatic heterocycles. The predicted molar refractivity (Wildman–Crippen MR) is 71.5 cm³/mol. The molecule has 1 aliphatic carbocycles. The second kappa shape index (κ2) is 5.92. The first-order chi connectivity index (χ1) is 8.28. The van der Waals surface area contributed by atoms with Gasteiger partial charge < -0.3 is 15.8 Å². The van der Waals surface area contributed by atoms with E-state index < -0.39 is 0 Å². The van der Waals surface area contributed by atoms with E-state index in [1.54, 1.807) is 0 Å². The van der Waals surface area contributed by atoms with Crippen molar-refractivity contribution < 1.29 is 4.74 Å². The number of anilines is 1. The van der Waals surface area contributed by atoms with Crippen molar-refractivity contribution in [2.75, 3.05) is 11.9 Å². The molecule has 1 aromatic rings. The van der Waals surface area contributed by atoms with Gasteiger partial charge in [-0.2, -0.15) is 0 Å². The molecular weight excluding hydrogens is 212 g/mol. The van der Waals surface area contributed by atoms with E-state index in [1.807, 2.05) is 19.1 Å². The normalized spacial score (nSPS) is 24.4. The largest absolute Gasteiger partial charge is 0.494 e. The standard InChI is InChI=1S/C14H22N2O/c1-2-17-14-8-4-7-13(10-14)16-12-6-3-5-11(15)9-12/h4,7-8,10-12,16H,2-3,5-6,9,15H2,1H3. The van der Waals surface area contributed by atoms with Crippen LogP contribution in [-0.4, -0.2) is 18.7 Å². The van der Waals surface area contributed by atoms with Crippen molar-refractivity contribution in [3.05, 3.63) is 24.3 Å². The summed E-state index contributed by atoms with van der Waals surface area (Å²) in [6.07, 6.45) is 4.67. The van der Waals surface area contributed by atoms with Gasteiger partial charge in [0.2, 0.25) is 0 Å². The third kappa shape index (κ3) is 3.63. The monoisotopic (exact) mass is 234 g/mol. The molecule has 0 radical (unpaired) electrons. The first kappa shape index (κ1) is 12.2. The van der Waals surface area contributed by atoms with Crippen molar-refractivity contribution in [3.63, 3.8) is 0 Å². The van der Waals surface area contributed by atoms with Crippen LogP contribution in [0.15, 0.2) is 24.3 Å². The zero-order valence-corrected chi connectivity index (χ0v) is 10.5. The number of hydrogen-bond donors (Lipinski definition) is 2. The molecule has 0 amide bonds.